The van der Waals surface area contributed by atoms with E-state index >= 15 is 0 Å². The Bertz CT molecular complexity index is 1960. The first-order valence-electron chi connectivity index (χ1n) is 17.1. The SMILES string of the molecule is CC12C(=O)N(c3ccc(F)c(Cl)c3)C(=O)C1CC1C(=CCC3C(=O)N(C4CCN(Cc5ccccc5)CC4)C(=O)C31)C2c1cc(Cl)ccc1O. The molecule has 8 rings (SSSR count). The Morgan fingerprint density at radius 1 is 0.900 bits per heavy atom. The number of allylic oxidation sites excluding steroid dienone is 2. The molecule has 4 amide bonds. The normalized spacial score (nSPS) is 30.0. The summed E-state index contributed by atoms with van der Waals surface area (Å²) in [6.07, 6.45) is 3.78. The van der Waals surface area contributed by atoms with Gasteiger partial charge in [-0.3, -0.25) is 29.0 Å². The summed E-state index contributed by atoms with van der Waals surface area (Å²) in [4.78, 5) is 62.4. The summed E-state index contributed by atoms with van der Waals surface area (Å²) in [5.41, 5.74) is 1.10. The molecule has 1 N–H and O–H groups in total. The van der Waals surface area contributed by atoms with Crippen LogP contribution in [0.15, 0.2) is 78.4 Å². The van der Waals surface area contributed by atoms with Crippen LogP contribution in [0.1, 0.15) is 49.7 Å². The van der Waals surface area contributed by atoms with Crippen molar-refractivity contribution in [1.29, 1.82) is 0 Å². The molecule has 1 saturated carbocycles. The summed E-state index contributed by atoms with van der Waals surface area (Å²) in [5, 5.41) is 11.3. The van der Waals surface area contributed by atoms with Crippen LogP contribution in [0.4, 0.5) is 10.1 Å². The monoisotopic (exact) mass is 715 g/mol. The summed E-state index contributed by atoms with van der Waals surface area (Å²) in [7, 11) is 0. The smallest absolute Gasteiger partial charge is 0.241 e. The quantitative estimate of drug-likeness (QED) is 0.232. The third kappa shape index (κ3) is 5.03. The van der Waals surface area contributed by atoms with Crippen LogP contribution in [-0.4, -0.2) is 57.7 Å². The molecule has 3 aliphatic heterocycles. The third-order valence-electron chi connectivity index (χ3n) is 11.9. The topological polar surface area (TPSA) is 98.2 Å². The third-order valence-corrected chi connectivity index (χ3v) is 12.5. The second-order valence-electron chi connectivity index (χ2n) is 14.5. The average Bonchev–Trinajstić information content (AvgIpc) is 3.47. The Kier molecular flexibility index (Phi) is 8.16. The second-order valence-corrected chi connectivity index (χ2v) is 15.3. The van der Waals surface area contributed by atoms with E-state index in [9.17, 15) is 28.7 Å². The molecule has 4 fully saturated rings. The lowest BCUT2D eigenvalue weighted by molar-refractivity contribution is -0.144. The zero-order valence-corrected chi connectivity index (χ0v) is 28.9. The number of imide groups is 2. The molecule has 3 saturated heterocycles. The van der Waals surface area contributed by atoms with Crippen molar-refractivity contribution in [2.24, 2.45) is 29.1 Å². The fourth-order valence-corrected chi connectivity index (χ4v) is 9.90. The lowest BCUT2D eigenvalue weighted by atomic mass is 9.51. The number of aromatic hydroxyl groups is 1. The number of phenols is 1. The Morgan fingerprint density at radius 2 is 1.64 bits per heavy atom. The number of nitrogens with zero attached hydrogens (tertiary/aromatic N) is 3. The van der Waals surface area contributed by atoms with E-state index < -0.39 is 52.6 Å². The minimum atomic E-state index is -1.38. The minimum absolute atomic E-state index is 0.0933. The van der Waals surface area contributed by atoms with Gasteiger partial charge in [0, 0.05) is 42.2 Å². The van der Waals surface area contributed by atoms with Crippen LogP contribution in [0.3, 0.4) is 0 Å². The van der Waals surface area contributed by atoms with Gasteiger partial charge in [-0.05, 0) is 80.5 Å². The number of carbonyl (C=O) groups is 4. The van der Waals surface area contributed by atoms with E-state index in [1.165, 1.54) is 28.7 Å². The molecule has 3 aromatic rings. The number of piperidine rings is 1. The molecule has 2 aliphatic carbocycles. The number of amides is 4. The van der Waals surface area contributed by atoms with Crippen LogP contribution in [-0.2, 0) is 25.7 Å². The predicted molar refractivity (Wildman–Crippen MR) is 186 cm³/mol. The number of hydrogen-bond acceptors (Lipinski definition) is 6. The first kappa shape index (κ1) is 33.1. The lowest BCUT2D eigenvalue weighted by Gasteiger charge is -2.49. The number of phenolic OH excluding ortho intramolecular Hbond substituents is 1. The molecule has 6 unspecified atom stereocenters. The highest BCUT2D eigenvalue weighted by Crippen LogP contribution is 2.64. The van der Waals surface area contributed by atoms with E-state index in [1.807, 2.05) is 24.3 Å². The standard InChI is InChI=1S/C39H36Cl2FN3O5/c1-39-29(36(48)45(38(39)50)24-8-11-31(42)30(41)18-24)19-27-25(34(39)28-17-22(40)7-12-32(28)46)9-10-26-33(27)37(49)44(35(26)47)23-13-15-43(16-14-23)20-21-5-3-2-4-6-21/h2-9,11-12,17-18,23,26-27,29,33-34,46H,10,13-16,19-20H2,1H3. The van der Waals surface area contributed by atoms with E-state index in [4.69, 9.17) is 23.2 Å². The predicted octanol–water partition coefficient (Wildman–Crippen LogP) is 6.73. The van der Waals surface area contributed by atoms with Crippen molar-refractivity contribution in [3.05, 3.63) is 105 Å². The number of rotatable bonds is 5. The summed E-state index contributed by atoms with van der Waals surface area (Å²) in [6.45, 7) is 4.04. The highest BCUT2D eigenvalue weighted by Gasteiger charge is 2.68. The molecule has 3 aromatic carbocycles. The van der Waals surface area contributed by atoms with Gasteiger partial charge in [0.25, 0.3) is 0 Å². The van der Waals surface area contributed by atoms with E-state index in [1.54, 1.807) is 19.1 Å². The van der Waals surface area contributed by atoms with Gasteiger partial charge in [0.2, 0.25) is 23.6 Å². The van der Waals surface area contributed by atoms with Crippen molar-refractivity contribution in [3.63, 3.8) is 0 Å². The Hall–Kier alpha value is -4.05. The van der Waals surface area contributed by atoms with E-state index in [-0.39, 0.29) is 40.7 Å². The van der Waals surface area contributed by atoms with Crippen LogP contribution >= 0.6 is 23.2 Å². The Labute approximate surface area is 299 Å². The van der Waals surface area contributed by atoms with Gasteiger partial charge in [0.05, 0.1) is 33.9 Å². The fourth-order valence-electron chi connectivity index (χ4n) is 9.55. The number of carbonyl (C=O) groups excluding carboxylic acids is 4. The summed E-state index contributed by atoms with van der Waals surface area (Å²) in [6, 6.07) is 18.3. The van der Waals surface area contributed by atoms with Crippen molar-refractivity contribution in [2.75, 3.05) is 18.0 Å². The zero-order chi connectivity index (χ0) is 35.1. The van der Waals surface area contributed by atoms with Gasteiger partial charge in [0.1, 0.15) is 11.6 Å². The molecule has 6 atom stereocenters. The molecule has 0 bridgehead atoms. The number of halogens is 3. The number of hydrogen-bond donors (Lipinski definition) is 1. The molecule has 0 radical (unpaired) electrons. The largest absolute Gasteiger partial charge is 0.508 e. The van der Waals surface area contributed by atoms with E-state index in [0.29, 0.717) is 29.8 Å². The molecule has 8 nitrogen and oxygen atoms in total. The molecule has 11 heteroatoms. The molecule has 3 heterocycles. The lowest BCUT2D eigenvalue weighted by Crippen LogP contribution is -2.49. The molecule has 0 aromatic heterocycles. The van der Waals surface area contributed by atoms with Gasteiger partial charge >= 0.3 is 0 Å². The van der Waals surface area contributed by atoms with Crippen LogP contribution in [0.5, 0.6) is 5.75 Å². The van der Waals surface area contributed by atoms with Gasteiger partial charge in [-0.25, -0.2) is 9.29 Å². The zero-order valence-electron chi connectivity index (χ0n) is 27.4. The van der Waals surface area contributed by atoms with Crippen LogP contribution in [0.2, 0.25) is 10.0 Å². The van der Waals surface area contributed by atoms with E-state index in [2.05, 4.69) is 17.0 Å². The highest BCUT2D eigenvalue weighted by molar-refractivity contribution is 6.32. The molecule has 5 aliphatic rings. The molecule has 50 heavy (non-hydrogen) atoms. The van der Waals surface area contributed by atoms with Crippen LogP contribution in [0.25, 0.3) is 0 Å². The number of anilines is 1. The molecule has 258 valence electrons. The molecular formula is C39H36Cl2FN3O5. The number of fused-ring (bicyclic) bond motifs is 4. The van der Waals surface area contributed by atoms with Crippen molar-refractivity contribution >= 4 is 52.5 Å². The van der Waals surface area contributed by atoms with Gasteiger partial charge in [-0.15, -0.1) is 0 Å². The van der Waals surface area contributed by atoms with Crippen LogP contribution < -0.4 is 4.90 Å². The number of benzene rings is 3. The van der Waals surface area contributed by atoms with Crippen molar-refractivity contribution in [1.82, 2.24) is 9.80 Å². The van der Waals surface area contributed by atoms with E-state index in [0.717, 1.165) is 36.2 Å². The summed E-state index contributed by atoms with van der Waals surface area (Å²) >= 11 is 12.6. The summed E-state index contributed by atoms with van der Waals surface area (Å²) < 4.78 is 14.2. The maximum atomic E-state index is 14.6. The highest BCUT2D eigenvalue weighted by atomic mass is 35.5. The van der Waals surface area contributed by atoms with Gasteiger partial charge in [-0.1, -0.05) is 65.2 Å². The number of likely N-dealkylation sites (tertiary alicyclic amines) is 2. The van der Waals surface area contributed by atoms with Crippen LogP contribution in [0, 0.1) is 34.9 Å². The average molecular weight is 717 g/mol. The van der Waals surface area contributed by atoms with Gasteiger partial charge in [-0.2, -0.15) is 0 Å². The minimum Gasteiger partial charge on any atom is -0.508 e. The Morgan fingerprint density at radius 3 is 2.36 bits per heavy atom. The van der Waals surface area contributed by atoms with Gasteiger partial charge < -0.3 is 5.11 Å². The fraction of sp³-hybridized carbons (Fsp3) is 0.385. The molecule has 0 spiro atoms. The van der Waals surface area contributed by atoms with Crippen molar-refractivity contribution in [2.45, 2.75) is 51.1 Å². The summed E-state index contributed by atoms with van der Waals surface area (Å²) in [5.74, 6) is -5.71. The first-order chi connectivity index (χ1) is 24.0. The maximum absolute atomic E-state index is 14.6. The molecular weight excluding hydrogens is 680 g/mol. The maximum Gasteiger partial charge on any atom is 0.241 e. The Balaban J connectivity index is 1.14. The van der Waals surface area contributed by atoms with Gasteiger partial charge in [0.15, 0.2) is 0 Å². The first-order valence-corrected chi connectivity index (χ1v) is 17.9. The van der Waals surface area contributed by atoms with Crippen molar-refractivity contribution in [3.8, 4) is 5.75 Å². The van der Waals surface area contributed by atoms with Crippen molar-refractivity contribution < 1.29 is 28.7 Å². The second kappa shape index (κ2) is 12.3.